The van der Waals surface area contributed by atoms with E-state index < -0.39 is 11.5 Å². The fourth-order valence-electron chi connectivity index (χ4n) is 1.24. The van der Waals surface area contributed by atoms with E-state index in [0.29, 0.717) is 0 Å². The number of allylic oxidation sites excluding steroid dienone is 2. The summed E-state index contributed by atoms with van der Waals surface area (Å²) in [7, 11) is 0. The van der Waals surface area contributed by atoms with Gasteiger partial charge >= 0.3 is 5.97 Å². The topological polar surface area (TPSA) is 63.3 Å². The molecule has 3 heteroatoms. The van der Waals surface area contributed by atoms with Gasteiger partial charge in [-0.2, -0.15) is 0 Å². The summed E-state index contributed by atoms with van der Waals surface area (Å²) in [5, 5.41) is 8.87. The highest BCUT2D eigenvalue weighted by molar-refractivity contribution is 5.90. The summed E-state index contributed by atoms with van der Waals surface area (Å²) in [6.07, 6.45) is 8.78. The predicted octanol–water partition coefficient (Wildman–Crippen LogP) is 1.48. The Labute approximate surface area is 83.6 Å². The van der Waals surface area contributed by atoms with Gasteiger partial charge in [-0.05, 0) is 18.9 Å². The number of hydrogen-bond acceptors (Lipinski definition) is 2. The summed E-state index contributed by atoms with van der Waals surface area (Å²) in [5.41, 5.74) is 5.43. The number of nitrogens with two attached hydrogens (primary N) is 1. The van der Waals surface area contributed by atoms with E-state index >= 15 is 0 Å². The van der Waals surface area contributed by atoms with Crippen molar-refractivity contribution in [3.05, 3.63) is 36.0 Å². The van der Waals surface area contributed by atoms with Crippen molar-refractivity contribution in [1.82, 2.24) is 0 Å². The minimum atomic E-state index is -0.944. The predicted molar refractivity (Wildman–Crippen MR) is 55.8 cm³/mol. The van der Waals surface area contributed by atoms with Crippen LogP contribution in [-0.2, 0) is 4.79 Å². The summed E-state index contributed by atoms with van der Waals surface area (Å²) < 4.78 is 0. The molecule has 3 nitrogen and oxygen atoms in total. The maximum Gasteiger partial charge on any atom is 0.335 e. The Bertz CT molecular complexity index is 324. The number of carboxylic acid groups (broad SMARTS) is 1. The molecule has 76 valence electrons. The molecule has 3 N–H and O–H groups in total. The number of carbonyl (C=O) groups is 1. The zero-order chi connectivity index (χ0) is 10.8. The molecule has 0 aliphatic heterocycles. The third kappa shape index (κ3) is 2.85. The summed E-state index contributed by atoms with van der Waals surface area (Å²) in [6.45, 7) is 3.76. The fraction of sp³-hybridized carbons (Fsp3) is 0.364. The molecule has 0 heterocycles. The first-order chi connectivity index (χ1) is 6.41. The first-order valence-corrected chi connectivity index (χ1v) is 4.53. The zero-order valence-electron chi connectivity index (χ0n) is 8.40. The molecule has 0 saturated heterocycles. The minimum absolute atomic E-state index is 0.209. The van der Waals surface area contributed by atoms with Crippen LogP contribution in [0, 0.1) is 5.92 Å². The van der Waals surface area contributed by atoms with Gasteiger partial charge in [0.25, 0.3) is 0 Å². The van der Waals surface area contributed by atoms with Crippen LogP contribution >= 0.6 is 0 Å². The molecule has 0 aromatic heterocycles. The SMILES string of the molecule is CC1/C=C\C(C(=O)O)=C/C(C)(N)/C=C\1. The van der Waals surface area contributed by atoms with Crippen LogP contribution in [0.15, 0.2) is 36.0 Å². The van der Waals surface area contributed by atoms with Crippen LogP contribution in [0.2, 0.25) is 0 Å². The number of rotatable bonds is 1. The lowest BCUT2D eigenvalue weighted by Gasteiger charge is -2.18. The van der Waals surface area contributed by atoms with Crippen molar-refractivity contribution < 1.29 is 9.90 Å². The van der Waals surface area contributed by atoms with Gasteiger partial charge in [0, 0.05) is 0 Å². The molecule has 14 heavy (non-hydrogen) atoms. The molecular weight excluding hydrogens is 178 g/mol. The van der Waals surface area contributed by atoms with E-state index in [0.717, 1.165) is 0 Å². The van der Waals surface area contributed by atoms with E-state index in [1.165, 1.54) is 0 Å². The summed E-state index contributed by atoms with van der Waals surface area (Å²) in [5.74, 6) is -0.735. The third-order valence-electron chi connectivity index (χ3n) is 2.05. The molecule has 0 aromatic carbocycles. The van der Waals surface area contributed by atoms with Crippen molar-refractivity contribution in [1.29, 1.82) is 0 Å². The van der Waals surface area contributed by atoms with Gasteiger partial charge in [0.1, 0.15) is 0 Å². The average Bonchev–Trinajstić information content (AvgIpc) is 2.06. The molecule has 0 amide bonds. The summed E-state index contributed by atoms with van der Waals surface area (Å²) in [4.78, 5) is 10.8. The second kappa shape index (κ2) is 3.80. The number of hydrogen-bond donors (Lipinski definition) is 2. The molecule has 0 saturated carbocycles. The van der Waals surface area contributed by atoms with Crippen molar-refractivity contribution in [2.75, 3.05) is 0 Å². The largest absolute Gasteiger partial charge is 0.478 e. The summed E-state index contributed by atoms with van der Waals surface area (Å²) >= 11 is 0. The molecule has 0 fully saturated rings. The lowest BCUT2D eigenvalue weighted by molar-refractivity contribution is -0.132. The van der Waals surface area contributed by atoms with Crippen molar-refractivity contribution >= 4 is 5.97 Å². The number of aliphatic carboxylic acids is 1. The molecule has 0 spiro atoms. The Balaban J connectivity index is 3.11. The van der Waals surface area contributed by atoms with Gasteiger partial charge in [-0.25, -0.2) is 4.79 Å². The Kier molecular flexibility index (Phi) is 2.91. The molecule has 0 radical (unpaired) electrons. The second-order valence-corrected chi connectivity index (χ2v) is 3.85. The fourth-order valence-corrected chi connectivity index (χ4v) is 1.24. The highest BCUT2D eigenvalue weighted by atomic mass is 16.4. The lowest BCUT2D eigenvalue weighted by atomic mass is 9.94. The second-order valence-electron chi connectivity index (χ2n) is 3.85. The maximum absolute atomic E-state index is 10.8. The van der Waals surface area contributed by atoms with E-state index in [2.05, 4.69) is 0 Å². The van der Waals surface area contributed by atoms with Crippen LogP contribution in [0.25, 0.3) is 0 Å². The Hall–Kier alpha value is -1.35. The van der Waals surface area contributed by atoms with E-state index in [9.17, 15) is 4.79 Å². The van der Waals surface area contributed by atoms with Crippen LogP contribution in [0.5, 0.6) is 0 Å². The quantitative estimate of drug-likeness (QED) is 0.620. The van der Waals surface area contributed by atoms with Crippen molar-refractivity contribution in [3.63, 3.8) is 0 Å². The molecule has 2 atom stereocenters. The van der Waals surface area contributed by atoms with Gasteiger partial charge in [-0.1, -0.05) is 31.2 Å². The van der Waals surface area contributed by atoms with Crippen molar-refractivity contribution in [2.45, 2.75) is 19.4 Å². The Morgan fingerprint density at radius 3 is 2.79 bits per heavy atom. The minimum Gasteiger partial charge on any atom is -0.478 e. The molecule has 0 aromatic rings. The molecule has 1 rings (SSSR count). The Morgan fingerprint density at radius 1 is 1.57 bits per heavy atom. The average molecular weight is 193 g/mol. The highest BCUT2D eigenvalue weighted by Gasteiger charge is 2.16. The standard InChI is InChI=1S/C11H15NO2/c1-8-3-4-9(10(13)14)7-11(2,12)6-5-8/h3-8H,12H2,1-2H3,(H,13,14)/b4-3-,6-5-,9-7+. The van der Waals surface area contributed by atoms with Crippen molar-refractivity contribution in [2.24, 2.45) is 11.7 Å². The monoisotopic (exact) mass is 193 g/mol. The van der Waals surface area contributed by atoms with Crippen LogP contribution < -0.4 is 5.73 Å². The third-order valence-corrected chi connectivity index (χ3v) is 2.05. The highest BCUT2D eigenvalue weighted by Crippen LogP contribution is 2.15. The smallest absolute Gasteiger partial charge is 0.335 e. The van der Waals surface area contributed by atoms with Crippen LogP contribution in [0.4, 0.5) is 0 Å². The molecular formula is C11H15NO2. The molecule has 2 unspecified atom stereocenters. The number of carboxylic acids is 1. The van der Waals surface area contributed by atoms with Gasteiger partial charge in [0.2, 0.25) is 0 Å². The van der Waals surface area contributed by atoms with E-state index in [-0.39, 0.29) is 11.5 Å². The van der Waals surface area contributed by atoms with Crippen LogP contribution in [0.1, 0.15) is 13.8 Å². The van der Waals surface area contributed by atoms with Gasteiger partial charge < -0.3 is 10.8 Å². The van der Waals surface area contributed by atoms with Crippen molar-refractivity contribution in [3.8, 4) is 0 Å². The van der Waals surface area contributed by atoms with E-state index in [1.807, 2.05) is 25.2 Å². The zero-order valence-corrected chi connectivity index (χ0v) is 8.40. The van der Waals surface area contributed by atoms with E-state index in [1.54, 1.807) is 19.1 Å². The maximum atomic E-state index is 10.8. The molecule has 1 aliphatic rings. The van der Waals surface area contributed by atoms with E-state index in [4.69, 9.17) is 10.8 Å². The first kappa shape index (κ1) is 10.7. The van der Waals surface area contributed by atoms with Gasteiger partial charge in [-0.15, -0.1) is 0 Å². The van der Waals surface area contributed by atoms with Gasteiger partial charge in [-0.3, -0.25) is 0 Å². The van der Waals surface area contributed by atoms with Crippen LogP contribution in [0.3, 0.4) is 0 Å². The lowest BCUT2D eigenvalue weighted by Crippen LogP contribution is -2.32. The van der Waals surface area contributed by atoms with Crippen LogP contribution in [-0.4, -0.2) is 16.6 Å². The summed E-state index contributed by atoms with van der Waals surface area (Å²) in [6, 6.07) is 0. The molecule has 0 bridgehead atoms. The van der Waals surface area contributed by atoms with Gasteiger partial charge in [0.15, 0.2) is 0 Å². The first-order valence-electron chi connectivity index (χ1n) is 4.53. The normalized spacial score (nSPS) is 40.2. The Morgan fingerprint density at radius 2 is 2.21 bits per heavy atom. The van der Waals surface area contributed by atoms with Gasteiger partial charge in [0.05, 0.1) is 11.1 Å². The molecule has 1 aliphatic carbocycles.